The Labute approximate surface area is 219 Å². The van der Waals surface area contributed by atoms with Gasteiger partial charge in [-0.1, -0.05) is 31.4 Å². The average molecular weight is 533 g/mol. The summed E-state index contributed by atoms with van der Waals surface area (Å²) in [6.45, 7) is 8.09. The van der Waals surface area contributed by atoms with Crippen LogP contribution < -0.4 is 10.2 Å². The number of hydrogen-bond acceptors (Lipinski definition) is 4. The van der Waals surface area contributed by atoms with Crippen molar-refractivity contribution in [3.05, 3.63) is 57.4 Å². The highest BCUT2D eigenvalue weighted by Gasteiger charge is 2.40. The lowest BCUT2D eigenvalue weighted by Gasteiger charge is -2.34. The zero-order valence-corrected chi connectivity index (χ0v) is 21.8. The molecule has 1 aromatic heterocycles. The summed E-state index contributed by atoms with van der Waals surface area (Å²) in [6, 6.07) is 2.44. The molecule has 2 amide bonds. The highest BCUT2D eigenvalue weighted by molar-refractivity contribution is 6.51. The molecule has 3 heterocycles. The molecule has 196 valence electrons. The molecule has 2 aliphatic rings. The van der Waals surface area contributed by atoms with Crippen molar-refractivity contribution < 1.29 is 22.8 Å². The summed E-state index contributed by atoms with van der Waals surface area (Å²) in [5, 5.41) is 1.57. The van der Waals surface area contributed by atoms with Gasteiger partial charge in [0.2, 0.25) is 0 Å². The monoisotopic (exact) mass is 532 g/mol. The third kappa shape index (κ3) is 5.60. The smallest absolute Gasteiger partial charge is 0.369 e. The number of aromatic nitrogens is 1. The van der Waals surface area contributed by atoms with E-state index < -0.39 is 28.6 Å². The number of nitrogens with one attached hydrogen (secondary N) is 2. The standard InChI is InChI=1S/C25H22ClF3N4O2.C2H6/c1-4-5-6-16-14(2)30-13-18(16)21-20(23(34)31-24(21)35)17-11-15(33-9-7-32(3)8-10-33)12-19(22(17)26)25(27,28)29;1-2/h1,5-6,11-13,30H,7-10H2,2-3H3,(H,31,34,35);1-2H3/b6-5-;. The molecule has 0 spiro atoms. The van der Waals surface area contributed by atoms with Crippen LogP contribution in [0.1, 0.15) is 41.8 Å². The summed E-state index contributed by atoms with van der Waals surface area (Å²) in [4.78, 5) is 32.7. The van der Waals surface area contributed by atoms with E-state index in [2.05, 4.69) is 21.1 Å². The fourth-order valence-corrected chi connectivity index (χ4v) is 4.62. The Morgan fingerprint density at radius 1 is 1.05 bits per heavy atom. The Morgan fingerprint density at radius 3 is 2.22 bits per heavy atom. The number of anilines is 1. The minimum Gasteiger partial charge on any atom is -0.369 e. The lowest BCUT2D eigenvalue weighted by molar-refractivity contribution is -0.137. The second-order valence-corrected chi connectivity index (χ2v) is 8.80. The normalized spacial score (nSPS) is 16.7. The first-order valence-electron chi connectivity index (χ1n) is 11.8. The second kappa shape index (κ2) is 11.3. The van der Waals surface area contributed by atoms with Crippen LogP contribution in [0.25, 0.3) is 17.2 Å². The lowest BCUT2D eigenvalue weighted by atomic mass is 9.93. The first-order valence-corrected chi connectivity index (χ1v) is 12.2. The molecule has 0 radical (unpaired) electrons. The predicted molar refractivity (Wildman–Crippen MR) is 141 cm³/mol. The average Bonchev–Trinajstić information content (AvgIpc) is 3.36. The van der Waals surface area contributed by atoms with E-state index in [1.165, 1.54) is 18.3 Å². The molecule has 1 saturated heterocycles. The topological polar surface area (TPSA) is 68.4 Å². The Hall–Kier alpha value is -3.48. The van der Waals surface area contributed by atoms with Crippen molar-refractivity contribution >= 4 is 46.3 Å². The third-order valence-corrected chi connectivity index (χ3v) is 6.58. The maximum atomic E-state index is 14.0. The summed E-state index contributed by atoms with van der Waals surface area (Å²) >= 11 is 6.28. The van der Waals surface area contributed by atoms with Crippen molar-refractivity contribution in [1.29, 1.82) is 0 Å². The van der Waals surface area contributed by atoms with Crippen molar-refractivity contribution in [2.24, 2.45) is 0 Å². The quantitative estimate of drug-likeness (QED) is 0.430. The summed E-state index contributed by atoms with van der Waals surface area (Å²) < 4.78 is 42.0. The van der Waals surface area contributed by atoms with Crippen LogP contribution in [0.15, 0.2) is 24.4 Å². The molecule has 4 rings (SSSR count). The first kappa shape index (κ1) is 28.1. The molecule has 6 nitrogen and oxygen atoms in total. The van der Waals surface area contributed by atoms with Gasteiger partial charge in [-0.05, 0) is 38.3 Å². The van der Waals surface area contributed by atoms with Crippen LogP contribution in [0.5, 0.6) is 0 Å². The van der Waals surface area contributed by atoms with Crippen LogP contribution in [0.3, 0.4) is 0 Å². The minimum atomic E-state index is -4.76. The Kier molecular flexibility index (Phi) is 8.57. The molecule has 0 bridgehead atoms. The summed E-state index contributed by atoms with van der Waals surface area (Å²) in [5.41, 5.74) is 0.323. The number of carbonyl (C=O) groups is 2. The number of amides is 2. The van der Waals surface area contributed by atoms with Crippen molar-refractivity contribution in [1.82, 2.24) is 15.2 Å². The maximum absolute atomic E-state index is 14.0. The maximum Gasteiger partial charge on any atom is 0.417 e. The van der Waals surface area contributed by atoms with Gasteiger partial charge in [0.05, 0.1) is 21.7 Å². The zero-order valence-electron chi connectivity index (χ0n) is 21.0. The summed E-state index contributed by atoms with van der Waals surface area (Å²) in [6.07, 6.45) is 5.08. The number of aromatic amines is 1. The number of aryl methyl sites for hydroxylation is 1. The van der Waals surface area contributed by atoms with Gasteiger partial charge in [0.15, 0.2) is 0 Å². The SMILES string of the molecule is C#C/C=C\c1c(C2=C(c3cc(N4CCN(C)CC4)cc(C(F)(F)F)c3Cl)C(=O)NC2=O)c[nH]c1C.CC. The van der Waals surface area contributed by atoms with Gasteiger partial charge in [0.25, 0.3) is 11.8 Å². The number of benzene rings is 1. The molecule has 1 aromatic carbocycles. The Bertz CT molecular complexity index is 1310. The van der Waals surface area contributed by atoms with Gasteiger partial charge in [-0.15, -0.1) is 6.42 Å². The molecule has 2 aliphatic heterocycles. The number of rotatable bonds is 4. The van der Waals surface area contributed by atoms with E-state index in [1.54, 1.807) is 13.0 Å². The number of likely N-dealkylation sites (N-methyl/N-ethyl adjacent to an activating group) is 1. The van der Waals surface area contributed by atoms with Gasteiger partial charge in [-0.3, -0.25) is 14.9 Å². The summed E-state index contributed by atoms with van der Waals surface area (Å²) in [7, 11) is 1.93. The molecular weight excluding hydrogens is 505 g/mol. The molecule has 2 aromatic rings. The zero-order chi connectivity index (χ0) is 27.5. The van der Waals surface area contributed by atoms with E-state index in [-0.39, 0.29) is 22.4 Å². The van der Waals surface area contributed by atoms with E-state index in [1.807, 2.05) is 25.8 Å². The van der Waals surface area contributed by atoms with E-state index in [0.29, 0.717) is 43.0 Å². The molecule has 1 fully saturated rings. The number of piperazine rings is 1. The summed E-state index contributed by atoms with van der Waals surface area (Å²) in [5.74, 6) is 0.815. The van der Waals surface area contributed by atoms with Gasteiger partial charge in [0, 0.05) is 60.4 Å². The number of H-pyrrole nitrogens is 1. The molecule has 10 heteroatoms. The number of allylic oxidation sites excluding steroid dienone is 1. The lowest BCUT2D eigenvalue weighted by Crippen LogP contribution is -2.44. The van der Waals surface area contributed by atoms with Gasteiger partial charge in [-0.2, -0.15) is 13.2 Å². The van der Waals surface area contributed by atoms with Crippen LogP contribution in [-0.2, 0) is 15.8 Å². The number of alkyl halides is 3. The van der Waals surface area contributed by atoms with Crippen LogP contribution in [0.4, 0.5) is 18.9 Å². The van der Waals surface area contributed by atoms with Gasteiger partial charge in [0.1, 0.15) is 0 Å². The molecule has 0 saturated carbocycles. The minimum absolute atomic E-state index is 0.0680. The molecule has 2 N–H and O–H groups in total. The molecule has 0 unspecified atom stereocenters. The largest absolute Gasteiger partial charge is 0.417 e. The Morgan fingerprint density at radius 2 is 1.65 bits per heavy atom. The van der Waals surface area contributed by atoms with Gasteiger partial charge < -0.3 is 14.8 Å². The molecule has 0 atom stereocenters. The van der Waals surface area contributed by atoms with Crippen molar-refractivity contribution in [3.63, 3.8) is 0 Å². The van der Waals surface area contributed by atoms with Gasteiger partial charge >= 0.3 is 6.18 Å². The third-order valence-electron chi connectivity index (χ3n) is 6.17. The fourth-order valence-electron chi connectivity index (χ4n) is 4.30. The molecular formula is C27H28ClF3N4O2. The van der Waals surface area contributed by atoms with Crippen LogP contribution >= 0.6 is 11.6 Å². The van der Waals surface area contributed by atoms with Crippen molar-refractivity contribution in [2.45, 2.75) is 26.9 Å². The number of imide groups is 1. The second-order valence-electron chi connectivity index (χ2n) is 8.42. The van der Waals surface area contributed by atoms with E-state index in [0.717, 1.165) is 6.07 Å². The highest BCUT2D eigenvalue weighted by atomic mass is 35.5. The van der Waals surface area contributed by atoms with Gasteiger partial charge in [-0.25, -0.2) is 0 Å². The number of hydrogen-bond donors (Lipinski definition) is 2. The Balaban J connectivity index is 0.00000186. The van der Waals surface area contributed by atoms with Crippen molar-refractivity contribution in [3.8, 4) is 12.3 Å². The van der Waals surface area contributed by atoms with E-state index in [4.69, 9.17) is 18.0 Å². The molecule has 37 heavy (non-hydrogen) atoms. The van der Waals surface area contributed by atoms with Crippen LogP contribution in [-0.4, -0.2) is 54.9 Å². The number of terminal acetylenes is 1. The molecule has 0 aliphatic carbocycles. The van der Waals surface area contributed by atoms with Crippen molar-refractivity contribution in [2.75, 3.05) is 38.1 Å². The number of nitrogens with zero attached hydrogens (tertiary/aromatic N) is 2. The number of carbonyl (C=O) groups excluding carboxylic acids is 2. The number of halogens is 4. The highest BCUT2D eigenvalue weighted by Crippen LogP contribution is 2.44. The predicted octanol–water partition coefficient (Wildman–Crippen LogP) is 4.99. The van der Waals surface area contributed by atoms with Crippen LogP contribution in [0.2, 0.25) is 5.02 Å². The van der Waals surface area contributed by atoms with E-state index in [9.17, 15) is 22.8 Å². The fraction of sp³-hybridized carbons (Fsp3) is 0.333. The first-order chi connectivity index (χ1) is 17.5. The van der Waals surface area contributed by atoms with E-state index >= 15 is 0 Å². The van der Waals surface area contributed by atoms with Crippen LogP contribution in [0, 0.1) is 19.3 Å².